The molecule has 2 atom stereocenters. The molecular weight excluding hydrogens is 252 g/mol. The Labute approximate surface area is 120 Å². The maximum absolute atomic E-state index is 11.9. The number of urea groups is 1. The summed E-state index contributed by atoms with van der Waals surface area (Å²) in [6.45, 7) is 5.87. The maximum atomic E-state index is 11.9. The van der Waals surface area contributed by atoms with Crippen LogP contribution >= 0.6 is 0 Å². The molecule has 0 aromatic heterocycles. The molecule has 20 heavy (non-hydrogen) atoms. The van der Waals surface area contributed by atoms with Gasteiger partial charge in [0, 0.05) is 6.54 Å². The first kappa shape index (κ1) is 14.9. The fraction of sp³-hybridized carbons (Fsp3) is 0.562. The molecule has 0 fully saturated rings. The molecule has 1 aromatic rings. The molecule has 0 saturated carbocycles. The molecule has 0 aliphatic heterocycles. The van der Waals surface area contributed by atoms with Crippen LogP contribution in [0.4, 0.5) is 4.79 Å². The highest BCUT2D eigenvalue weighted by atomic mass is 16.3. The number of nitrogens with one attached hydrogen (secondary N) is 2. The molecule has 0 radical (unpaired) electrons. The molecule has 2 amide bonds. The second kappa shape index (κ2) is 5.83. The van der Waals surface area contributed by atoms with Crippen LogP contribution in [0.2, 0.25) is 0 Å². The minimum atomic E-state index is -0.884. The monoisotopic (exact) mass is 276 g/mol. The van der Waals surface area contributed by atoms with Crippen LogP contribution in [0.5, 0.6) is 0 Å². The molecule has 2 rings (SSSR count). The van der Waals surface area contributed by atoms with Crippen LogP contribution in [-0.2, 0) is 6.42 Å². The highest BCUT2D eigenvalue weighted by Crippen LogP contribution is 2.30. The normalized spacial score (nSPS) is 20.4. The summed E-state index contributed by atoms with van der Waals surface area (Å²) in [4.78, 5) is 11.9. The van der Waals surface area contributed by atoms with Crippen LogP contribution in [0.15, 0.2) is 24.3 Å². The number of aryl methyl sites for hydroxylation is 1. The quantitative estimate of drug-likeness (QED) is 0.790. The van der Waals surface area contributed by atoms with Crippen molar-refractivity contribution in [2.24, 2.45) is 5.92 Å². The molecule has 0 heterocycles. The van der Waals surface area contributed by atoms with Crippen LogP contribution in [0.3, 0.4) is 0 Å². The predicted molar refractivity (Wildman–Crippen MR) is 79.5 cm³/mol. The molecule has 3 N–H and O–H groups in total. The van der Waals surface area contributed by atoms with E-state index in [2.05, 4.69) is 22.8 Å². The molecule has 0 saturated heterocycles. The highest BCUT2D eigenvalue weighted by Gasteiger charge is 2.27. The van der Waals surface area contributed by atoms with Crippen molar-refractivity contribution in [1.82, 2.24) is 10.6 Å². The average Bonchev–Trinajstić information content (AvgIpc) is 2.80. The lowest BCUT2D eigenvalue weighted by Crippen LogP contribution is -2.47. The van der Waals surface area contributed by atoms with Gasteiger partial charge in [0.25, 0.3) is 0 Å². The first-order chi connectivity index (χ1) is 9.40. The molecule has 4 heteroatoms. The van der Waals surface area contributed by atoms with Gasteiger partial charge >= 0.3 is 6.03 Å². The van der Waals surface area contributed by atoms with Gasteiger partial charge in [0.15, 0.2) is 0 Å². The number of fused-ring (bicyclic) bond motifs is 1. The van der Waals surface area contributed by atoms with Gasteiger partial charge in [-0.25, -0.2) is 4.79 Å². The maximum Gasteiger partial charge on any atom is 0.315 e. The fourth-order valence-corrected chi connectivity index (χ4v) is 2.38. The first-order valence-corrected chi connectivity index (χ1v) is 7.24. The Hall–Kier alpha value is -1.55. The van der Waals surface area contributed by atoms with Crippen LogP contribution in [0.1, 0.15) is 44.4 Å². The van der Waals surface area contributed by atoms with E-state index in [1.54, 1.807) is 6.92 Å². The van der Waals surface area contributed by atoms with E-state index >= 15 is 0 Å². The molecule has 4 nitrogen and oxygen atoms in total. The molecule has 1 aliphatic rings. The van der Waals surface area contributed by atoms with Crippen LogP contribution in [0.25, 0.3) is 0 Å². The lowest BCUT2D eigenvalue weighted by molar-refractivity contribution is 0.0165. The Morgan fingerprint density at radius 1 is 1.45 bits per heavy atom. The SMILES string of the molecule is CC(C)C(C)(O)CNC(=O)NC1CCc2ccccc21. The zero-order chi connectivity index (χ0) is 14.8. The number of hydrogen-bond acceptors (Lipinski definition) is 2. The van der Waals surface area contributed by atoms with Crippen molar-refractivity contribution < 1.29 is 9.90 Å². The fourth-order valence-electron chi connectivity index (χ4n) is 2.38. The van der Waals surface area contributed by atoms with Gasteiger partial charge in [0.1, 0.15) is 0 Å². The van der Waals surface area contributed by atoms with Crippen molar-refractivity contribution in [1.29, 1.82) is 0 Å². The highest BCUT2D eigenvalue weighted by molar-refractivity contribution is 5.74. The lowest BCUT2D eigenvalue weighted by atomic mass is 9.93. The summed E-state index contributed by atoms with van der Waals surface area (Å²) >= 11 is 0. The van der Waals surface area contributed by atoms with Gasteiger partial charge in [0.05, 0.1) is 11.6 Å². The molecule has 110 valence electrons. The van der Waals surface area contributed by atoms with Gasteiger partial charge in [-0.1, -0.05) is 38.1 Å². The molecule has 1 aliphatic carbocycles. The van der Waals surface area contributed by atoms with Crippen molar-refractivity contribution in [2.45, 2.75) is 45.3 Å². The van der Waals surface area contributed by atoms with Crippen LogP contribution < -0.4 is 10.6 Å². The topological polar surface area (TPSA) is 61.4 Å². The molecule has 1 aromatic carbocycles. The van der Waals surface area contributed by atoms with Gasteiger partial charge in [0.2, 0.25) is 0 Å². The predicted octanol–water partition coefficient (Wildman–Crippen LogP) is 2.38. The van der Waals surface area contributed by atoms with Crippen molar-refractivity contribution in [3.8, 4) is 0 Å². The smallest absolute Gasteiger partial charge is 0.315 e. The standard InChI is InChI=1S/C16H24N2O2/c1-11(2)16(3,20)10-17-15(19)18-14-9-8-12-6-4-5-7-13(12)14/h4-7,11,14,20H,8-10H2,1-3H3,(H2,17,18,19). The Balaban J connectivity index is 1.88. The van der Waals surface area contributed by atoms with E-state index in [-0.39, 0.29) is 24.5 Å². The van der Waals surface area contributed by atoms with E-state index in [1.807, 2.05) is 26.0 Å². The summed E-state index contributed by atoms with van der Waals surface area (Å²) in [6.07, 6.45) is 1.94. The number of amides is 2. The number of aliphatic hydroxyl groups is 1. The third-order valence-electron chi connectivity index (χ3n) is 4.29. The van der Waals surface area contributed by atoms with E-state index in [4.69, 9.17) is 0 Å². The van der Waals surface area contributed by atoms with Gasteiger partial charge in [-0.3, -0.25) is 0 Å². The van der Waals surface area contributed by atoms with Gasteiger partial charge in [-0.2, -0.15) is 0 Å². The molecule has 2 unspecified atom stereocenters. The van der Waals surface area contributed by atoms with E-state index in [0.717, 1.165) is 12.8 Å². The number of benzene rings is 1. The van der Waals surface area contributed by atoms with Crippen molar-refractivity contribution in [3.05, 3.63) is 35.4 Å². The van der Waals surface area contributed by atoms with E-state index in [1.165, 1.54) is 11.1 Å². The Bertz CT molecular complexity index is 483. The first-order valence-electron chi connectivity index (χ1n) is 7.24. The Morgan fingerprint density at radius 2 is 2.15 bits per heavy atom. The largest absolute Gasteiger partial charge is 0.388 e. The molecule has 0 bridgehead atoms. The van der Waals surface area contributed by atoms with Gasteiger partial charge < -0.3 is 15.7 Å². The summed E-state index contributed by atoms with van der Waals surface area (Å²) < 4.78 is 0. The summed E-state index contributed by atoms with van der Waals surface area (Å²) in [5, 5.41) is 15.9. The van der Waals surface area contributed by atoms with Crippen LogP contribution in [0, 0.1) is 5.92 Å². The second-order valence-corrected chi connectivity index (χ2v) is 6.13. The number of carbonyl (C=O) groups excluding carboxylic acids is 1. The summed E-state index contributed by atoms with van der Waals surface area (Å²) in [7, 11) is 0. The lowest BCUT2D eigenvalue weighted by Gasteiger charge is -2.28. The zero-order valence-corrected chi connectivity index (χ0v) is 12.4. The van der Waals surface area contributed by atoms with Crippen molar-refractivity contribution in [3.63, 3.8) is 0 Å². The molecular formula is C16H24N2O2. The average molecular weight is 276 g/mol. The third kappa shape index (κ3) is 3.31. The Morgan fingerprint density at radius 3 is 2.85 bits per heavy atom. The number of hydrogen-bond donors (Lipinski definition) is 3. The van der Waals surface area contributed by atoms with Crippen molar-refractivity contribution >= 4 is 6.03 Å². The Kier molecular flexibility index (Phi) is 4.33. The second-order valence-electron chi connectivity index (χ2n) is 6.13. The minimum Gasteiger partial charge on any atom is -0.388 e. The summed E-state index contributed by atoms with van der Waals surface area (Å²) in [6, 6.07) is 8.07. The number of carbonyl (C=O) groups is 1. The number of rotatable bonds is 4. The van der Waals surface area contributed by atoms with Crippen molar-refractivity contribution in [2.75, 3.05) is 6.54 Å². The molecule has 0 spiro atoms. The summed E-state index contributed by atoms with van der Waals surface area (Å²) in [5.74, 6) is 0.0926. The van der Waals surface area contributed by atoms with E-state index in [9.17, 15) is 9.90 Å². The summed E-state index contributed by atoms with van der Waals surface area (Å²) in [5.41, 5.74) is 1.63. The van der Waals surface area contributed by atoms with E-state index < -0.39 is 5.60 Å². The minimum absolute atomic E-state index is 0.0789. The zero-order valence-electron chi connectivity index (χ0n) is 12.4. The van der Waals surface area contributed by atoms with E-state index in [0.29, 0.717) is 0 Å². The third-order valence-corrected chi connectivity index (χ3v) is 4.29. The van der Waals surface area contributed by atoms with Gasteiger partial charge in [-0.05, 0) is 36.8 Å². The van der Waals surface area contributed by atoms with Gasteiger partial charge in [-0.15, -0.1) is 0 Å². The van der Waals surface area contributed by atoms with Crippen LogP contribution in [-0.4, -0.2) is 23.3 Å².